The third kappa shape index (κ3) is 27.1. The van der Waals surface area contributed by atoms with Crippen molar-refractivity contribution in [1.29, 1.82) is 0 Å². The molecule has 704 valence electrons. The number of nitrogens with one attached hydrogen (secondary N) is 5. The molecule has 131 heavy (non-hydrogen) atoms. The van der Waals surface area contributed by atoms with Crippen LogP contribution in [0.25, 0.3) is 67.1 Å². The number of rotatable bonds is 42. The van der Waals surface area contributed by atoms with Gasteiger partial charge in [-0.1, -0.05) is 151 Å². The molecule has 0 spiro atoms. The van der Waals surface area contributed by atoms with Crippen LogP contribution in [0.5, 0.6) is 11.5 Å². The van der Waals surface area contributed by atoms with Crippen LogP contribution in [0.3, 0.4) is 0 Å². The monoisotopic (exact) mass is 1790 g/mol. The molecule has 10 aromatic rings. The van der Waals surface area contributed by atoms with Gasteiger partial charge in [0.2, 0.25) is 35.4 Å². The molecule has 0 radical (unpaired) electrons. The Morgan fingerprint density at radius 2 is 0.802 bits per heavy atom. The molecular weight excluding hydrogens is 1650 g/mol. The molecule has 6 amide bonds. The van der Waals surface area contributed by atoms with Gasteiger partial charge < -0.3 is 74.6 Å². The van der Waals surface area contributed by atoms with Crippen molar-refractivity contribution in [1.82, 2.24) is 95.3 Å². The van der Waals surface area contributed by atoms with E-state index in [0.717, 1.165) is 153 Å². The van der Waals surface area contributed by atoms with Crippen LogP contribution in [0.4, 0.5) is 11.4 Å². The number of carbonyl (C=O) groups is 6. The highest BCUT2D eigenvalue weighted by molar-refractivity contribution is 5.91. The van der Waals surface area contributed by atoms with Crippen molar-refractivity contribution in [2.75, 3.05) is 155 Å². The smallest absolute Gasteiger partial charge is 0.242 e. The van der Waals surface area contributed by atoms with Gasteiger partial charge in [-0.25, -0.2) is 9.97 Å². The Kier molecular flexibility index (Phi) is 33.5. The van der Waals surface area contributed by atoms with Gasteiger partial charge in [-0.2, -0.15) is 0 Å². The second-order valence-corrected chi connectivity index (χ2v) is 39.7. The lowest BCUT2D eigenvalue weighted by Crippen LogP contribution is -2.50. The predicted molar refractivity (Wildman–Crippen MR) is 522 cm³/mol. The fourth-order valence-electron chi connectivity index (χ4n) is 16.8. The summed E-state index contributed by atoms with van der Waals surface area (Å²) in [5, 5.41) is 26.5. The van der Waals surface area contributed by atoms with E-state index in [-0.39, 0.29) is 103 Å². The topological polar surface area (TPSA) is 302 Å². The van der Waals surface area contributed by atoms with E-state index in [9.17, 15) is 28.8 Å². The number of carbonyl (C=O) groups excluding carboxylic acids is 6. The summed E-state index contributed by atoms with van der Waals surface area (Å²) in [5.74, 6) is 1.85. The first-order valence-corrected chi connectivity index (χ1v) is 47.3. The number of piperazine rings is 2. The molecule has 0 aliphatic carbocycles. The number of hydrogen-bond donors (Lipinski definition) is 5. The third-order valence-corrected chi connectivity index (χ3v) is 24.5. The molecule has 2 aliphatic rings. The molecular formula is C102H143N21O8. The van der Waals surface area contributed by atoms with Gasteiger partial charge in [-0.15, -0.1) is 10.2 Å². The molecule has 0 saturated carbocycles. The van der Waals surface area contributed by atoms with Crippen molar-refractivity contribution in [3.05, 3.63) is 155 Å². The Balaban J connectivity index is 0.530. The van der Waals surface area contributed by atoms with Crippen molar-refractivity contribution in [3.63, 3.8) is 0 Å². The molecule has 2 saturated heterocycles. The van der Waals surface area contributed by atoms with Gasteiger partial charge >= 0.3 is 0 Å². The molecule has 6 heterocycles. The maximum Gasteiger partial charge on any atom is 0.242 e. The summed E-state index contributed by atoms with van der Waals surface area (Å²) in [6.07, 6.45) is 8.24. The van der Waals surface area contributed by atoms with Gasteiger partial charge in [0.05, 0.1) is 79.9 Å². The van der Waals surface area contributed by atoms with Crippen molar-refractivity contribution in [3.8, 4) is 56.5 Å². The van der Waals surface area contributed by atoms with E-state index in [0.29, 0.717) is 122 Å². The lowest BCUT2D eigenvalue weighted by Gasteiger charge is -2.34. The fraction of sp³-hybridized carbons (Fsp3) is 0.529. The number of hydrogen-bond acceptors (Lipinski definition) is 19. The number of H-pyrrole nitrogens is 2. The first-order chi connectivity index (χ1) is 62.5. The summed E-state index contributed by atoms with van der Waals surface area (Å²) in [4.78, 5) is 115. The zero-order valence-corrected chi connectivity index (χ0v) is 81.1. The fourth-order valence-corrected chi connectivity index (χ4v) is 16.8. The molecule has 4 aromatic heterocycles. The molecule has 12 rings (SSSR count). The van der Waals surface area contributed by atoms with Crippen LogP contribution in [-0.4, -0.2) is 260 Å². The molecule has 29 nitrogen and oxygen atoms in total. The van der Waals surface area contributed by atoms with Gasteiger partial charge in [0.1, 0.15) is 28.8 Å². The average molecular weight is 1790 g/mol. The number of anilines is 2. The molecule has 0 atom stereocenters. The van der Waals surface area contributed by atoms with Crippen LogP contribution in [0.2, 0.25) is 0 Å². The highest BCUT2D eigenvalue weighted by Crippen LogP contribution is 2.46. The Morgan fingerprint density at radius 3 is 1.19 bits per heavy atom. The summed E-state index contributed by atoms with van der Waals surface area (Å²) in [6, 6.07) is 39.4. The molecule has 6 aromatic carbocycles. The Bertz CT molecular complexity index is 5420. The second kappa shape index (κ2) is 44.6. The largest absolute Gasteiger partial charge is 0.493 e. The number of benzene rings is 6. The van der Waals surface area contributed by atoms with E-state index in [4.69, 9.17) is 19.4 Å². The SMILES string of the molecule is CCCN(CC(=O)N(C)Cc1cn(CCCNC(=O)CCCOc2c(C(C)(C)C)cc(-c3nc4cc(-c5ccc(N6CCN(C)CC6)cc5)ccc4[nH]3)cc2C(C)(C)C)nn1)C(=O)CN(CCC)C(=O)CN(CCC)C(=O)CNCc1cn(CCCNC(=O)CCCOc2c(C(C)(C)C)cc(-c3nc4cc(-c5ccc(N6CCN(C)CC6)cc5)ccc4[nH]3)cc2C(C)(C)C)nn1. The van der Waals surface area contributed by atoms with Crippen LogP contribution < -0.4 is 35.2 Å². The maximum atomic E-state index is 14.1. The van der Waals surface area contributed by atoms with E-state index in [2.05, 4.69) is 273 Å². The summed E-state index contributed by atoms with van der Waals surface area (Å²) < 4.78 is 16.8. The number of fused-ring (bicyclic) bond motifs is 2. The minimum Gasteiger partial charge on any atom is -0.493 e. The first-order valence-electron chi connectivity index (χ1n) is 47.3. The minimum atomic E-state index is -0.371. The van der Waals surface area contributed by atoms with Crippen LogP contribution in [0.1, 0.15) is 195 Å². The molecule has 2 aliphatic heterocycles. The van der Waals surface area contributed by atoms with Gasteiger partial charge in [-0.05, 0) is 176 Å². The van der Waals surface area contributed by atoms with E-state index < -0.39 is 0 Å². The average Bonchev–Trinajstić information content (AvgIpc) is 1.75. The molecule has 29 heteroatoms. The van der Waals surface area contributed by atoms with Crippen LogP contribution in [0.15, 0.2) is 122 Å². The first kappa shape index (κ1) is 98.5. The molecule has 2 fully saturated rings. The number of aromatic amines is 2. The summed E-state index contributed by atoms with van der Waals surface area (Å²) in [6.45, 7) is 43.8. The standard InChI is InChI=1S/C102H143N21O8/c1-19-42-119(91(126)64-103-63-77-66-122(112-110-77)45-24-40-104-89(124)26-22-55-130-95-81(99(4,5)6)57-75(58-82(95)100(7,8)9)97-106-85-38-32-73(61-87(85)108-97)71-28-34-79(35-29-71)117-51-47-114(16)48-52-117)69-93(128)121(44-21-3)70-94(129)120(43-20-2)68-92(127)116(18)65-78-67-123(113-111-78)46-25-41-105-90(125)27-23-56-131-96-83(101(10,11)12)59-76(60-84(96)102(13,14)15)98-107-86-39-33-74(62-88(86)109-98)72-30-36-80(37-31-72)118-53-49-115(17)50-54-118/h28-39,57-62,66-67,103H,19-27,40-56,63-65,68-70H2,1-18H3,(H,104,124)(H,105,125)(H,106,108)(H,107,109). The summed E-state index contributed by atoms with van der Waals surface area (Å²) >= 11 is 0. The van der Waals surface area contributed by atoms with Gasteiger partial charge in [0.15, 0.2) is 0 Å². The lowest BCUT2D eigenvalue weighted by atomic mass is 9.78. The number of aryl methyl sites for hydroxylation is 2. The molecule has 0 bridgehead atoms. The van der Waals surface area contributed by atoms with Crippen molar-refractivity contribution in [2.24, 2.45) is 0 Å². The van der Waals surface area contributed by atoms with Gasteiger partial charge in [0, 0.05) is 176 Å². The Labute approximate surface area is 774 Å². The van der Waals surface area contributed by atoms with Crippen LogP contribution in [0, 0.1) is 0 Å². The van der Waals surface area contributed by atoms with Gasteiger partial charge in [-0.3, -0.25) is 38.1 Å². The Hall–Kier alpha value is -11.6. The third-order valence-electron chi connectivity index (χ3n) is 24.5. The number of aromatic nitrogens is 10. The van der Waals surface area contributed by atoms with Crippen molar-refractivity contribution >= 4 is 68.9 Å². The highest BCUT2D eigenvalue weighted by Gasteiger charge is 2.33. The molecule has 5 N–H and O–H groups in total. The van der Waals surface area contributed by atoms with E-state index in [1.165, 1.54) is 31.0 Å². The second-order valence-electron chi connectivity index (χ2n) is 39.7. The normalized spacial score (nSPS) is 13.7. The zero-order valence-electron chi connectivity index (χ0n) is 81.1. The van der Waals surface area contributed by atoms with E-state index in [1.54, 1.807) is 28.8 Å². The predicted octanol–water partition coefficient (Wildman–Crippen LogP) is 14.2. The quantitative estimate of drug-likeness (QED) is 0.0222. The van der Waals surface area contributed by atoms with Crippen LogP contribution in [-0.2, 0) is 76.6 Å². The van der Waals surface area contributed by atoms with Gasteiger partial charge in [0.25, 0.3) is 0 Å². The summed E-state index contributed by atoms with van der Waals surface area (Å²) in [7, 11) is 6.01. The highest BCUT2D eigenvalue weighted by atomic mass is 16.5. The van der Waals surface area contributed by atoms with E-state index >= 15 is 0 Å². The van der Waals surface area contributed by atoms with Crippen LogP contribution >= 0.6 is 0 Å². The van der Waals surface area contributed by atoms with E-state index in [1.807, 2.05) is 20.8 Å². The number of imidazole rings is 2. The zero-order chi connectivity index (χ0) is 93.9. The lowest BCUT2D eigenvalue weighted by molar-refractivity contribution is -0.146. The number of likely N-dealkylation sites (N-methyl/N-ethyl adjacent to an activating group) is 3. The van der Waals surface area contributed by atoms with Crippen molar-refractivity contribution < 1.29 is 38.2 Å². The minimum absolute atomic E-state index is 0.0565. The molecule has 0 unspecified atom stereocenters. The maximum absolute atomic E-state index is 14.1. The number of nitrogens with zero attached hydrogens (tertiary/aromatic N) is 16. The van der Waals surface area contributed by atoms with Crippen molar-refractivity contribution in [2.45, 2.75) is 209 Å². The Morgan fingerprint density at radius 1 is 0.435 bits per heavy atom. The summed E-state index contributed by atoms with van der Waals surface area (Å²) in [5.41, 5.74) is 17.2. The number of ether oxygens (including phenoxy) is 2. The number of amides is 6.